The normalized spacial score (nSPS) is 12.7. The van der Waals surface area contributed by atoms with Crippen LogP contribution in [0.15, 0.2) is 12.2 Å². The van der Waals surface area contributed by atoms with Gasteiger partial charge in [0.15, 0.2) is 0 Å². The zero-order valence-corrected chi connectivity index (χ0v) is 14.2. The zero-order chi connectivity index (χ0) is 15.1. The minimum absolute atomic E-state index is 0.150. The summed E-state index contributed by atoms with van der Waals surface area (Å²) in [6.45, 7) is 2.20. The Labute approximate surface area is 131 Å². The summed E-state index contributed by atoms with van der Waals surface area (Å²) in [6, 6.07) is 0. The van der Waals surface area contributed by atoms with E-state index in [9.17, 15) is 4.79 Å². The molecular weight excluding hydrogens is 320 g/mol. The smallest absolute Gasteiger partial charge is 0.450 e. The maximum atomic E-state index is 10.7. The SMILES string of the molecule is CCCCCC=CCCC(CCCCCBr)OC(=O)O. The monoisotopic (exact) mass is 348 g/mol. The molecule has 0 rings (SSSR count). The van der Waals surface area contributed by atoms with Gasteiger partial charge in [-0.15, -0.1) is 0 Å². The predicted octanol–water partition coefficient (Wildman–Crippen LogP) is 5.92. The van der Waals surface area contributed by atoms with Crippen LogP contribution in [0.5, 0.6) is 0 Å². The second-order valence-corrected chi connectivity index (χ2v) is 5.88. The molecule has 1 unspecified atom stereocenters. The second-order valence-electron chi connectivity index (χ2n) is 5.09. The van der Waals surface area contributed by atoms with E-state index >= 15 is 0 Å². The van der Waals surface area contributed by atoms with Gasteiger partial charge in [0.25, 0.3) is 0 Å². The van der Waals surface area contributed by atoms with Crippen molar-refractivity contribution in [3.05, 3.63) is 12.2 Å². The van der Waals surface area contributed by atoms with Crippen LogP contribution in [0.25, 0.3) is 0 Å². The van der Waals surface area contributed by atoms with E-state index in [2.05, 4.69) is 35.0 Å². The number of rotatable bonds is 13. The first kappa shape index (κ1) is 19.5. The lowest BCUT2D eigenvalue weighted by Crippen LogP contribution is -2.16. The Balaban J connectivity index is 3.76. The van der Waals surface area contributed by atoms with Crippen molar-refractivity contribution < 1.29 is 14.6 Å². The minimum atomic E-state index is -1.15. The standard InChI is InChI=1S/C16H29BrO3/c1-2-3-4-5-6-7-9-12-15(20-16(18)19)13-10-8-11-14-17/h6-7,15H,2-5,8-14H2,1H3,(H,18,19). The highest BCUT2D eigenvalue weighted by Crippen LogP contribution is 2.14. The van der Waals surface area contributed by atoms with Gasteiger partial charge in [-0.1, -0.05) is 54.3 Å². The first-order valence-electron chi connectivity index (χ1n) is 7.81. The third-order valence-corrected chi connectivity index (χ3v) is 3.78. The molecule has 0 aromatic rings. The summed E-state index contributed by atoms with van der Waals surface area (Å²) < 4.78 is 4.95. The van der Waals surface area contributed by atoms with E-state index in [4.69, 9.17) is 9.84 Å². The summed E-state index contributed by atoms with van der Waals surface area (Å²) in [5.74, 6) is 0. The van der Waals surface area contributed by atoms with Crippen molar-refractivity contribution in [1.29, 1.82) is 0 Å². The van der Waals surface area contributed by atoms with Crippen LogP contribution in [-0.2, 0) is 4.74 Å². The molecule has 0 heterocycles. The summed E-state index contributed by atoms with van der Waals surface area (Å²) >= 11 is 3.40. The van der Waals surface area contributed by atoms with Crippen LogP contribution in [0.1, 0.15) is 71.1 Å². The number of hydrogen-bond donors (Lipinski definition) is 1. The lowest BCUT2D eigenvalue weighted by atomic mass is 10.1. The third kappa shape index (κ3) is 13.9. The van der Waals surface area contributed by atoms with Crippen LogP contribution >= 0.6 is 15.9 Å². The van der Waals surface area contributed by atoms with E-state index in [-0.39, 0.29) is 6.10 Å². The molecule has 1 atom stereocenters. The fourth-order valence-corrected chi connectivity index (χ4v) is 2.47. The quantitative estimate of drug-likeness (QED) is 0.194. The molecule has 0 spiro atoms. The maximum Gasteiger partial charge on any atom is 0.506 e. The van der Waals surface area contributed by atoms with E-state index in [0.717, 1.165) is 50.3 Å². The molecule has 0 aromatic heterocycles. The van der Waals surface area contributed by atoms with Gasteiger partial charge in [0.2, 0.25) is 0 Å². The van der Waals surface area contributed by atoms with Crippen LogP contribution < -0.4 is 0 Å². The average Bonchev–Trinajstić information content (AvgIpc) is 2.41. The fourth-order valence-electron chi connectivity index (χ4n) is 2.08. The van der Waals surface area contributed by atoms with E-state index in [1.807, 2.05) is 0 Å². The van der Waals surface area contributed by atoms with Crippen LogP contribution in [0.2, 0.25) is 0 Å². The van der Waals surface area contributed by atoms with Crippen molar-refractivity contribution in [2.24, 2.45) is 0 Å². The lowest BCUT2D eigenvalue weighted by Gasteiger charge is -2.14. The molecular formula is C16H29BrO3. The number of carboxylic acid groups (broad SMARTS) is 1. The van der Waals surface area contributed by atoms with Crippen molar-refractivity contribution >= 4 is 22.1 Å². The first-order chi connectivity index (χ1) is 9.70. The Bertz CT molecular complexity index is 254. The average molecular weight is 349 g/mol. The molecule has 0 aliphatic heterocycles. The van der Waals surface area contributed by atoms with E-state index in [0.29, 0.717) is 0 Å². The molecule has 0 saturated heterocycles. The zero-order valence-electron chi connectivity index (χ0n) is 12.7. The fraction of sp³-hybridized carbons (Fsp3) is 0.812. The largest absolute Gasteiger partial charge is 0.506 e. The molecule has 0 amide bonds. The second kappa shape index (κ2) is 14.9. The molecule has 118 valence electrons. The summed E-state index contributed by atoms with van der Waals surface area (Å²) in [4.78, 5) is 10.7. The highest BCUT2D eigenvalue weighted by Gasteiger charge is 2.12. The predicted molar refractivity (Wildman–Crippen MR) is 87.7 cm³/mol. The molecule has 20 heavy (non-hydrogen) atoms. The van der Waals surface area contributed by atoms with Gasteiger partial charge in [0, 0.05) is 5.33 Å². The van der Waals surface area contributed by atoms with Crippen LogP contribution in [-0.4, -0.2) is 22.7 Å². The molecule has 0 aliphatic carbocycles. The number of halogens is 1. The van der Waals surface area contributed by atoms with Crippen molar-refractivity contribution in [3.8, 4) is 0 Å². The number of ether oxygens (including phenoxy) is 1. The van der Waals surface area contributed by atoms with Gasteiger partial charge in [-0.3, -0.25) is 0 Å². The van der Waals surface area contributed by atoms with Crippen molar-refractivity contribution in [2.75, 3.05) is 5.33 Å². The molecule has 0 fully saturated rings. The Hall–Kier alpha value is -0.510. The molecule has 1 N–H and O–H groups in total. The van der Waals surface area contributed by atoms with Gasteiger partial charge in [-0.25, -0.2) is 4.79 Å². The molecule has 0 radical (unpaired) electrons. The summed E-state index contributed by atoms with van der Waals surface area (Å²) in [5, 5.41) is 9.75. The molecule has 0 aliphatic rings. The summed E-state index contributed by atoms with van der Waals surface area (Å²) in [6.07, 6.45) is 13.8. The van der Waals surface area contributed by atoms with Crippen molar-refractivity contribution in [1.82, 2.24) is 0 Å². The summed E-state index contributed by atoms with van der Waals surface area (Å²) in [5.41, 5.74) is 0. The molecule has 3 nitrogen and oxygen atoms in total. The highest BCUT2D eigenvalue weighted by molar-refractivity contribution is 9.09. The van der Waals surface area contributed by atoms with Gasteiger partial charge < -0.3 is 9.84 Å². The Morgan fingerprint density at radius 3 is 2.50 bits per heavy atom. The van der Waals surface area contributed by atoms with Gasteiger partial charge in [-0.2, -0.15) is 0 Å². The number of hydrogen-bond acceptors (Lipinski definition) is 2. The van der Waals surface area contributed by atoms with Gasteiger partial charge in [-0.05, 0) is 44.9 Å². The van der Waals surface area contributed by atoms with E-state index < -0.39 is 6.16 Å². The van der Waals surface area contributed by atoms with Gasteiger partial charge >= 0.3 is 6.16 Å². The van der Waals surface area contributed by atoms with Crippen molar-refractivity contribution in [3.63, 3.8) is 0 Å². The third-order valence-electron chi connectivity index (χ3n) is 3.22. The molecule has 4 heteroatoms. The van der Waals surface area contributed by atoms with Gasteiger partial charge in [0.1, 0.15) is 6.10 Å². The molecule has 0 aromatic carbocycles. The van der Waals surface area contributed by atoms with E-state index in [1.165, 1.54) is 19.3 Å². The minimum Gasteiger partial charge on any atom is -0.450 e. The number of allylic oxidation sites excluding steroid dienone is 2. The van der Waals surface area contributed by atoms with Crippen LogP contribution in [0.4, 0.5) is 4.79 Å². The Morgan fingerprint density at radius 2 is 1.85 bits per heavy atom. The summed E-state index contributed by atoms with van der Waals surface area (Å²) in [7, 11) is 0. The van der Waals surface area contributed by atoms with Gasteiger partial charge in [0.05, 0.1) is 0 Å². The number of carbonyl (C=O) groups is 1. The van der Waals surface area contributed by atoms with Crippen LogP contribution in [0, 0.1) is 0 Å². The highest BCUT2D eigenvalue weighted by atomic mass is 79.9. The maximum absolute atomic E-state index is 10.7. The molecule has 0 bridgehead atoms. The van der Waals surface area contributed by atoms with Crippen LogP contribution in [0.3, 0.4) is 0 Å². The topological polar surface area (TPSA) is 46.5 Å². The van der Waals surface area contributed by atoms with E-state index in [1.54, 1.807) is 0 Å². The molecule has 0 saturated carbocycles. The number of unbranched alkanes of at least 4 members (excludes halogenated alkanes) is 5. The Kier molecular flexibility index (Phi) is 14.5. The van der Waals surface area contributed by atoms with Crippen molar-refractivity contribution in [2.45, 2.75) is 77.2 Å². The Morgan fingerprint density at radius 1 is 1.10 bits per heavy atom. The first-order valence-corrected chi connectivity index (χ1v) is 8.93. The number of alkyl halides is 1. The lowest BCUT2D eigenvalue weighted by molar-refractivity contribution is 0.0439.